The molecule has 5 atom stereocenters. The van der Waals surface area contributed by atoms with Crippen LogP contribution in [0.1, 0.15) is 162 Å². The number of aliphatic hydroxyl groups excluding tert-OH is 2. The summed E-state index contributed by atoms with van der Waals surface area (Å²) < 4.78 is 26.3. The summed E-state index contributed by atoms with van der Waals surface area (Å²) in [7, 11) is -4.83. The zero-order valence-electron chi connectivity index (χ0n) is 33.8. The monoisotopic (exact) mass is 796 g/mol. The number of hydrogen-bond donors (Lipinski definition) is 4. The van der Waals surface area contributed by atoms with Crippen LogP contribution in [-0.2, 0) is 32.9 Å². The molecule has 1 aliphatic carbocycles. The third-order valence-electron chi connectivity index (χ3n) is 9.69. The fourth-order valence-electron chi connectivity index (χ4n) is 6.44. The normalized spacial score (nSPS) is 19.0. The van der Waals surface area contributed by atoms with Crippen molar-refractivity contribution in [1.29, 1.82) is 0 Å². The highest BCUT2D eigenvalue weighted by Crippen LogP contribution is 2.36. The van der Waals surface area contributed by atoms with Crippen molar-refractivity contribution in [2.45, 2.75) is 180 Å². The summed E-state index contributed by atoms with van der Waals surface area (Å²) in [5.74, 6) is -1.85. The summed E-state index contributed by atoms with van der Waals surface area (Å²) in [6.45, 7) is 3.32. The molecule has 0 amide bonds. The first kappa shape index (κ1) is 50.6. The van der Waals surface area contributed by atoms with Gasteiger partial charge in [0.2, 0.25) is 0 Å². The second-order valence-electron chi connectivity index (χ2n) is 14.7. The highest BCUT2D eigenvalue weighted by molar-refractivity contribution is 7.46. The van der Waals surface area contributed by atoms with Gasteiger partial charge in [0, 0.05) is 31.1 Å². The molecule has 0 aromatic rings. The second-order valence-corrected chi connectivity index (χ2v) is 16.0. The van der Waals surface area contributed by atoms with E-state index >= 15 is 0 Å². The minimum atomic E-state index is -4.83. The molecule has 4 N–H and O–H groups in total. The smallest absolute Gasteiger partial charge is 0.462 e. The number of aliphatic hydroxyl groups is 2. The van der Waals surface area contributed by atoms with Crippen molar-refractivity contribution in [3.63, 3.8) is 0 Å². The number of phosphoric ester groups is 1. The van der Waals surface area contributed by atoms with E-state index in [9.17, 15) is 29.2 Å². The molecule has 1 aliphatic rings. The molecule has 1 fully saturated rings. The third-order valence-corrected chi connectivity index (χ3v) is 10.2. The maximum absolute atomic E-state index is 12.5. The zero-order chi connectivity index (χ0) is 40.6. The van der Waals surface area contributed by atoms with E-state index in [-0.39, 0.29) is 43.5 Å². The van der Waals surface area contributed by atoms with Gasteiger partial charge < -0.3 is 29.5 Å². The van der Waals surface area contributed by atoms with Crippen LogP contribution in [0, 0.1) is 11.8 Å². The molecule has 1 rings (SSSR count). The van der Waals surface area contributed by atoms with Crippen LogP contribution in [0.5, 0.6) is 0 Å². The van der Waals surface area contributed by atoms with Gasteiger partial charge in [-0.1, -0.05) is 127 Å². The van der Waals surface area contributed by atoms with Gasteiger partial charge in [0.05, 0.1) is 18.8 Å². The number of carbonyl (C=O) groups is 3. The van der Waals surface area contributed by atoms with Gasteiger partial charge in [-0.25, -0.2) is 4.57 Å². The van der Waals surface area contributed by atoms with Crippen molar-refractivity contribution < 1.29 is 52.9 Å². The summed E-state index contributed by atoms with van der Waals surface area (Å²) >= 11 is 0. The van der Waals surface area contributed by atoms with E-state index in [1.165, 1.54) is 38.5 Å². The average Bonchev–Trinajstić information content (AvgIpc) is 3.41. The van der Waals surface area contributed by atoms with E-state index in [4.69, 9.17) is 19.3 Å². The van der Waals surface area contributed by atoms with Crippen molar-refractivity contribution in [3.8, 4) is 0 Å². The van der Waals surface area contributed by atoms with Gasteiger partial charge in [-0.05, 0) is 64.2 Å². The number of ether oxygens (including phenoxy) is 2. The van der Waals surface area contributed by atoms with E-state index in [2.05, 4.69) is 42.7 Å². The Morgan fingerprint density at radius 1 is 0.764 bits per heavy atom. The quantitative estimate of drug-likeness (QED) is 0.0211. The molecule has 0 aromatic heterocycles. The van der Waals surface area contributed by atoms with Crippen LogP contribution in [0.3, 0.4) is 0 Å². The van der Waals surface area contributed by atoms with E-state index in [1.54, 1.807) is 12.2 Å². The Labute approximate surface area is 331 Å². The van der Waals surface area contributed by atoms with Crippen LogP contribution in [0.25, 0.3) is 0 Å². The summed E-state index contributed by atoms with van der Waals surface area (Å²) in [4.78, 5) is 55.5. The van der Waals surface area contributed by atoms with Gasteiger partial charge in [0.1, 0.15) is 12.4 Å². The van der Waals surface area contributed by atoms with E-state index in [0.717, 1.165) is 57.8 Å². The minimum Gasteiger partial charge on any atom is -0.462 e. The maximum Gasteiger partial charge on any atom is 0.469 e. The van der Waals surface area contributed by atoms with Crippen LogP contribution in [0.15, 0.2) is 48.6 Å². The van der Waals surface area contributed by atoms with Gasteiger partial charge in [-0.15, -0.1) is 0 Å². The van der Waals surface area contributed by atoms with E-state index in [1.807, 2.05) is 12.2 Å². The van der Waals surface area contributed by atoms with Crippen LogP contribution < -0.4 is 0 Å². The first-order chi connectivity index (χ1) is 26.5. The predicted octanol–water partition coefficient (Wildman–Crippen LogP) is 9.32. The molecular weight excluding hydrogens is 723 g/mol. The van der Waals surface area contributed by atoms with Gasteiger partial charge in [-0.2, -0.15) is 0 Å². The first-order valence-electron chi connectivity index (χ1n) is 21.0. The number of rotatable bonds is 34. The topological polar surface area (TPSA) is 177 Å². The van der Waals surface area contributed by atoms with Gasteiger partial charge in [-0.3, -0.25) is 18.9 Å². The average molecular weight is 797 g/mol. The third kappa shape index (κ3) is 28.6. The number of phosphoric acid groups is 1. The number of allylic oxidation sites excluding steroid dienone is 6. The molecular formula is C43H73O11P. The molecule has 11 nitrogen and oxygen atoms in total. The summed E-state index contributed by atoms with van der Waals surface area (Å²) in [6, 6.07) is 0. The lowest BCUT2D eigenvalue weighted by Gasteiger charge is -2.18. The van der Waals surface area contributed by atoms with E-state index in [0.29, 0.717) is 32.1 Å². The SMILES string of the molecule is CCCCC/C=C\C/C=C\CCCCCCCCCC(=O)OC[C@H](COP(=O)(O)O)OC(=O)CCC/C=C\C[C@H]1C(=O)C[C@@H](O)[C@@H]1/C=C/[C@@H](O)CCCCC. The van der Waals surface area contributed by atoms with Crippen molar-refractivity contribution in [2.75, 3.05) is 13.2 Å². The lowest BCUT2D eigenvalue weighted by molar-refractivity contribution is -0.161. The molecule has 0 aliphatic heterocycles. The fraction of sp³-hybridized carbons (Fsp3) is 0.744. The Balaban J connectivity index is 2.30. The molecule has 12 heteroatoms. The number of Topliss-reactive ketones (excluding diaryl/α,β-unsaturated/α-hetero) is 1. The molecule has 0 saturated heterocycles. The Kier molecular flexibility index (Phi) is 30.1. The Hall–Kier alpha value is -2.40. The molecule has 316 valence electrons. The van der Waals surface area contributed by atoms with Crippen molar-refractivity contribution in [2.24, 2.45) is 11.8 Å². The number of esters is 2. The second kappa shape index (κ2) is 32.7. The molecule has 0 unspecified atom stereocenters. The summed E-state index contributed by atoms with van der Waals surface area (Å²) in [6.07, 6.45) is 33.3. The number of carbonyl (C=O) groups excluding carboxylic acids is 3. The lowest BCUT2D eigenvalue weighted by Crippen LogP contribution is -2.29. The Morgan fingerprint density at radius 3 is 2.02 bits per heavy atom. The van der Waals surface area contributed by atoms with Crippen LogP contribution in [-0.4, -0.2) is 69.2 Å². The molecule has 55 heavy (non-hydrogen) atoms. The standard InChI is InChI=1S/C43H73O11P/c1-3-5-7-8-9-10-11-12-13-14-15-16-17-18-19-20-25-29-42(47)52-34-37(35-53-55(49,50)51)54-43(48)30-26-22-21-24-28-38-39(41(46)33-40(38)45)32-31-36(44)27-23-6-4-2/h9-10,12-13,21,24,31-32,36-39,41,44,46H,3-8,11,14-20,22-23,25-30,33-35H2,1-2H3,(H2,49,50,51)/b10-9-,13-12-,24-21-,32-31+/t36-,37+,38+,39+,41+/m0/s1. The molecule has 1 saturated carbocycles. The molecule has 0 heterocycles. The minimum absolute atomic E-state index is 0.0145. The van der Waals surface area contributed by atoms with Crippen molar-refractivity contribution in [3.05, 3.63) is 48.6 Å². The Bertz CT molecular complexity index is 1190. The van der Waals surface area contributed by atoms with Crippen LogP contribution in [0.4, 0.5) is 0 Å². The maximum atomic E-state index is 12.5. The zero-order valence-corrected chi connectivity index (χ0v) is 34.7. The molecule has 0 aromatic carbocycles. The molecule has 0 radical (unpaired) electrons. The van der Waals surface area contributed by atoms with Crippen molar-refractivity contribution in [1.82, 2.24) is 0 Å². The lowest BCUT2D eigenvalue weighted by atomic mass is 9.90. The summed E-state index contributed by atoms with van der Waals surface area (Å²) in [5.41, 5.74) is 0. The largest absolute Gasteiger partial charge is 0.469 e. The molecule has 0 spiro atoms. The number of hydrogen-bond acceptors (Lipinski definition) is 9. The Morgan fingerprint density at radius 2 is 1.35 bits per heavy atom. The number of unbranched alkanes of at least 4 members (excludes halogenated alkanes) is 13. The van der Waals surface area contributed by atoms with Gasteiger partial charge in [0.25, 0.3) is 0 Å². The van der Waals surface area contributed by atoms with Crippen LogP contribution in [0.2, 0.25) is 0 Å². The van der Waals surface area contributed by atoms with E-state index < -0.39 is 44.7 Å². The molecule has 0 bridgehead atoms. The van der Waals surface area contributed by atoms with Crippen molar-refractivity contribution >= 4 is 25.5 Å². The predicted molar refractivity (Wildman–Crippen MR) is 217 cm³/mol. The number of ketones is 1. The summed E-state index contributed by atoms with van der Waals surface area (Å²) in [5, 5.41) is 20.6. The van der Waals surface area contributed by atoms with Crippen LogP contribution >= 0.6 is 7.82 Å². The first-order valence-corrected chi connectivity index (χ1v) is 22.6. The highest BCUT2D eigenvalue weighted by atomic mass is 31.2. The highest BCUT2D eigenvalue weighted by Gasteiger charge is 2.39. The van der Waals surface area contributed by atoms with Gasteiger partial charge in [0.15, 0.2) is 6.10 Å². The fourth-order valence-corrected chi connectivity index (χ4v) is 6.80. The van der Waals surface area contributed by atoms with Gasteiger partial charge >= 0.3 is 19.8 Å².